The van der Waals surface area contributed by atoms with Gasteiger partial charge in [-0.15, -0.1) is 0 Å². The summed E-state index contributed by atoms with van der Waals surface area (Å²) in [4.78, 5) is 24.8. The number of aromatic nitrogens is 2. The molecule has 0 fully saturated rings. The van der Waals surface area contributed by atoms with Gasteiger partial charge in [0.05, 0.1) is 11.4 Å². The molecule has 0 spiro atoms. The largest absolute Gasteiger partial charge is 0.320 e. The van der Waals surface area contributed by atoms with Crippen molar-refractivity contribution in [3.05, 3.63) is 46.4 Å². The number of benzene rings is 1. The lowest BCUT2D eigenvalue weighted by Crippen LogP contribution is -2.25. The second-order valence-electron chi connectivity index (χ2n) is 6.72. The Kier molecular flexibility index (Phi) is 4.26. The minimum Gasteiger partial charge on any atom is -0.320 e. The topological polar surface area (TPSA) is 56.0 Å². The highest BCUT2D eigenvalue weighted by atomic mass is 16.2. The zero-order valence-electron chi connectivity index (χ0n) is 13.8. The normalized spacial score (nSPS) is 11.5. The lowest BCUT2D eigenvalue weighted by atomic mass is 9.92. The Morgan fingerprint density at radius 2 is 1.77 bits per heavy atom. The molecule has 0 aliphatic heterocycles. The number of amides is 1. The van der Waals surface area contributed by atoms with E-state index in [2.05, 4.69) is 5.32 Å². The first-order valence-corrected chi connectivity index (χ1v) is 7.34. The van der Waals surface area contributed by atoms with E-state index in [0.717, 1.165) is 11.4 Å². The Balaban J connectivity index is 2.39. The van der Waals surface area contributed by atoms with Gasteiger partial charge in [0.15, 0.2) is 0 Å². The molecular weight excluding hydrogens is 278 g/mol. The van der Waals surface area contributed by atoms with Gasteiger partial charge in [0.2, 0.25) is 5.91 Å². The number of rotatable bonds is 3. The predicted octanol–water partition coefficient (Wildman–Crippen LogP) is 2.86. The van der Waals surface area contributed by atoms with Gasteiger partial charge in [0.1, 0.15) is 5.69 Å². The second-order valence-corrected chi connectivity index (χ2v) is 6.72. The van der Waals surface area contributed by atoms with Crippen molar-refractivity contribution in [2.24, 2.45) is 12.5 Å². The van der Waals surface area contributed by atoms with Gasteiger partial charge in [0.25, 0.3) is 5.56 Å². The Bertz CT molecular complexity index is 734. The summed E-state index contributed by atoms with van der Waals surface area (Å²) in [6.45, 7) is 7.81. The molecule has 0 saturated carbocycles. The maximum absolute atomic E-state index is 12.6. The molecule has 5 heteroatoms. The van der Waals surface area contributed by atoms with E-state index in [1.807, 2.05) is 65.1 Å². The third kappa shape index (κ3) is 3.30. The summed E-state index contributed by atoms with van der Waals surface area (Å²) in [6, 6.07) is 9.38. The highest BCUT2D eigenvalue weighted by Crippen LogP contribution is 2.20. The third-order valence-corrected chi connectivity index (χ3v) is 3.51. The van der Waals surface area contributed by atoms with E-state index in [0.29, 0.717) is 12.1 Å². The number of anilines is 1. The number of carbonyl (C=O) groups excluding carboxylic acids is 1. The van der Waals surface area contributed by atoms with Crippen molar-refractivity contribution in [2.75, 3.05) is 5.32 Å². The highest BCUT2D eigenvalue weighted by molar-refractivity contribution is 5.91. The molecule has 0 saturated heterocycles. The molecule has 0 bridgehead atoms. The smallest absolute Gasteiger partial charge is 0.295 e. The molecule has 0 aliphatic carbocycles. The van der Waals surface area contributed by atoms with Crippen LogP contribution in [0.2, 0.25) is 0 Å². The van der Waals surface area contributed by atoms with Crippen LogP contribution in [0.4, 0.5) is 5.69 Å². The summed E-state index contributed by atoms with van der Waals surface area (Å²) in [6.07, 6.45) is 0.367. The number of carbonyl (C=O) groups is 1. The summed E-state index contributed by atoms with van der Waals surface area (Å²) in [5, 5.41) is 2.77. The molecule has 2 aromatic rings. The van der Waals surface area contributed by atoms with E-state index >= 15 is 0 Å². The van der Waals surface area contributed by atoms with Crippen LogP contribution in [0.5, 0.6) is 0 Å². The maximum Gasteiger partial charge on any atom is 0.295 e. The van der Waals surface area contributed by atoms with E-state index in [1.165, 1.54) is 0 Å². The van der Waals surface area contributed by atoms with Crippen molar-refractivity contribution < 1.29 is 4.79 Å². The summed E-state index contributed by atoms with van der Waals surface area (Å²) >= 11 is 0. The molecule has 0 unspecified atom stereocenters. The van der Waals surface area contributed by atoms with Crippen molar-refractivity contribution in [2.45, 2.75) is 34.1 Å². The van der Waals surface area contributed by atoms with Gasteiger partial charge in [-0.2, -0.15) is 0 Å². The van der Waals surface area contributed by atoms with Crippen molar-refractivity contribution in [3.63, 3.8) is 0 Å². The van der Waals surface area contributed by atoms with Crippen LogP contribution in [0.15, 0.2) is 35.1 Å². The Labute approximate surface area is 130 Å². The van der Waals surface area contributed by atoms with Crippen molar-refractivity contribution in [1.82, 2.24) is 9.36 Å². The van der Waals surface area contributed by atoms with E-state index in [9.17, 15) is 9.59 Å². The summed E-state index contributed by atoms with van der Waals surface area (Å²) < 4.78 is 3.31. The number of hydrogen-bond donors (Lipinski definition) is 1. The maximum atomic E-state index is 12.6. The second kappa shape index (κ2) is 5.83. The predicted molar refractivity (Wildman–Crippen MR) is 88.4 cm³/mol. The lowest BCUT2D eigenvalue weighted by Gasteiger charge is -2.16. The van der Waals surface area contributed by atoms with Crippen molar-refractivity contribution in [3.8, 4) is 5.69 Å². The molecule has 0 aliphatic rings. The van der Waals surface area contributed by atoms with Crippen LogP contribution in [-0.4, -0.2) is 15.3 Å². The van der Waals surface area contributed by atoms with Crippen LogP contribution in [-0.2, 0) is 11.8 Å². The Morgan fingerprint density at radius 1 is 1.18 bits per heavy atom. The molecule has 2 rings (SSSR count). The first kappa shape index (κ1) is 16.1. The van der Waals surface area contributed by atoms with Crippen molar-refractivity contribution >= 4 is 11.6 Å². The standard InChI is InChI=1S/C17H23N3O2/c1-12-15(18-14(21)11-17(2,3)4)16(22)20(19(12)5)13-9-7-6-8-10-13/h6-10H,11H2,1-5H3,(H,18,21). The minimum atomic E-state index is -0.214. The Morgan fingerprint density at radius 3 is 2.32 bits per heavy atom. The van der Waals surface area contributed by atoms with Gasteiger partial charge < -0.3 is 5.32 Å². The number of nitrogens with zero attached hydrogens (tertiary/aromatic N) is 2. The van der Waals surface area contributed by atoms with Crippen molar-refractivity contribution in [1.29, 1.82) is 0 Å². The van der Waals surface area contributed by atoms with Crippen LogP contribution < -0.4 is 10.9 Å². The SMILES string of the molecule is Cc1c(NC(=O)CC(C)(C)C)c(=O)n(-c2ccccc2)n1C. The average molecular weight is 301 g/mol. The zero-order valence-corrected chi connectivity index (χ0v) is 13.8. The molecule has 1 amide bonds. The van der Waals surface area contributed by atoms with Crippen LogP contribution in [0.1, 0.15) is 32.9 Å². The molecule has 22 heavy (non-hydrogen) atoms. The fourth-order valence-corrected chi connectivity index (χ4v) is 2.38. The van der Waals surface area contributed by atoms with E-state index < -0.39 is 0 Å². The third-order valence-electron chi connectivity index (χ3n) is 3.51. The Hall–Kier alpha value is -2.30. The molecule has 5 nitrogen and oxygen atoms in total. The summed E-state index contributed by atoms with van der Waals surface area (Å²) in [5.74, 6) is -0.140. The molecular formula is C17H23N3O2. The quantitative estimate of drug-likeness (QED) is 0.947. The average Bonchev–Trinajstić information content (AvgIpc) is 2.62. The number of hydrogen-bond acceptors (Lipinski definition) is 2. The zero-order chi connectivity index (χ0) is 16.5. The highest BCUT2D eigenvalue weighted by Gasteiger charge is 2.21. The monoisotopic (exact) mass is 301 g/mol. The lowest BCUT2D eigenvalue weighted by molar-refractivity contribution is -0.117. The van der Waals surface area contributed by atoms with Gasteiger partial charge in [-0.25, -0.2) is 4.68 Å². The first-order chi connectivity index (χ1) is 10.2. The summed E-state index contributed by atoms with van der Waals surface area (Å²) in [5.41, 5.74) is 1.52. The van der Waals surface area contributed by atoms with E-state index in [-0.39, 0.29) is 16.9 Å². The molecule has 118 valence electrons. The molecule has 1 aromatic carbocycles. The van der Waals surface area contributed by atoms with Gasteiger partial charge in [0, 0.05) is 13.5 Å². The number of para-hydroxylation sites is 1. The van der Waals surface area contributed by atoms with Gasteiger partial charge in [-0.05, 0) is 24.5 Å². The van der Waals surface area contributed by atoms with Gasteiger partial charge in [-0.1, -0.05) is 39.0 Å². The molecule has 1 aromatic heterocycles. The van der Waals surface area contributed by atoms with Crippen LogP contribution in [0.25, 0.3) is 5.69 Å². The number of nitrogens with one attached hydrogen (secondary N) is 1. The van der Waals surface area contributed by atoms with Gasteiger partial charge >= 0.3 is 0 Å². The van der Waals surface area contributed by atoms with Crippen LogP contribution >= 0.6 is 0 Å². The minimum absolute atomic E-state index is 0.120. The van der Waals surface area contributed by atoms with Crippen LogP contribution in [0, 0.1) is 12.3 Å². The van der Waals surface area contributed by atoms with E-state index in [4.69, 9.17) is 0 Å². The first-order valence-electron chi connectivity index (χ1n) is 7.34. The summed E-state index contributed by atoms with van der Waals surface area (Å²) in [7, 11) is 1.81. The molecule has 1 heterocycles. The molecule has 1 N–H and O–H groups in total. The molecule has 0 radical (unpaired) electrons. The van der Waals surface area contributed by atoms with E-state index in [1.54, 1.807) is 9.36 Å². The fraction of sp³-hybridized carbons (Fsp3) is 0.412. The fourth-order valence-electron chi connectivity index (χ4n) is 2.38. The van der Waals surface area contributed by atoms with Gasteiger partial charge in [-0.3, -0.25) is 14.3 Å². The van der Waals surface area contributed by atoms with Crippen LogP contribution in [0.3, 0.4) is 0 Å². The molecule has 0 atom stereocenters.